The van der Waals surface area contributed by atoms with Crippen LogP contribution in [0.2, 0.25) is 10.0 Å². The SMILES string of the molecule is Fc1cnc(-c2c[nH]c3ncc(Cl)cc23)nc1NCc1ccc(Cl)cc1. The molecule has 0 bridgehead atoms. The van der Waals surface area contributed by atoms with Gasteiger partial charge < -0.3 is 10.3 Å². The smallest absolute Gasteiger partial charge is 0.183 e. The number of rotatable bonds is 4. The van der Waals surface area contributed by atoms with Crippen molar-refractivity contribution in [2.45, 2.75) is 6.54 Å². The minimum Gasteiger partial charge on any atom is -0.363 e. The molecule has 0 aliphatic carbocycles. The summed E-state index contributed by atoms with van der Waals surface area (Å²) in [5.41, 5.74) is 2.31. The molecule has 3 aromatic heterocycles. The van der Waals surface area contributed by atoms with Gasteiger partial charge in [-0.1, -0.05) is 35.3 Å². The summed E-state index contributed by atoms with van der Waals surface area (Å²) < 4.78 is 14.1. The second kappa shape index (κ2) is 6.90. The molecule has 4 aromatic rings. The Morgan fingerprint density at radius 1 is 1.04 bits per heavy atom. The van der Waals surface area contributed by atoms with Crippen LogP contribution in [0.5, 0.6) is 0 Å². The molecule has 0 aliphatic heterocycles. The molecular formula is C18H12Cl2FN5. The molecular weight excluding hydrogens is 376 g/mol. The van der Waals surface area contributed by atoms with Crippen LogP contribution in [0, 0.1) is 5.82 Å². The Bertz CT molecular complexity index is 1080. The Balaban J connectivity index is 1.65. The lowest BCUT2D eigenvalue weighted by molar-refractivity contribution is 0.617. The van der Waals surface area contributed by atoms with E-state index in [2.05, 4.69) is 25.3 Å². The van der Waals surface area contributed by atoms with Gasteiger partial charge in [0.2, 0.25) is 0 Å². The van der Waals surface area contributed by atoms with Crippen LogP contribution in [0.25, 0.3) is 22.4 Å². The summed E-state index contributed by atoms with van der Waals surface area (Å²) in [5.74, 6) is -0.0340. The highest BCUT2D eigenvalue weighted by Gasteiger charge is 2.13. The number of nitrogens with one attached hydrogen (secondary N) is 2. The molecule has 0 aliphatic rings. The lowest BCUT2D eigenvalue weighted by Crippen LogP contribution is -2.05. The zero-order valence-corrected chi connectivity index (χ0v) is 14.8. The maximum Gasteiger partial charge on any atom is 0.183 e. The van der Waals surface area contributed by atoms with Crippen LogP contribution in [0.3, 0.4) is 0 Å². The molecule has 3 heterocycles. The normalized spacial score (nSPS) is 11.0. The van der Waals surface area contributed by atoms with E-state index in [0.29, 0.717) is 33.6 Å². The topological polar surface area (TPSA) is 66.5 Å². The Kier molecular flexibility index (Phi) is 4.44. The van der Waals surface area contributed by atoms with E-state index in [0.717, 1.165) is 17.1 Å². The van der Waals surface area contributed by atoms with Crippen molar-refractivity contribution in [1.29, 1.82) is 0 Å². The molecule has 0 unspecified atom stereocenters. The monoisotopic (exact) mass is 387 g/mol. The molecule has 2 N–H and O–H groups in total. The van der Waals surface area contributed by atoms with Gasteiger partial charge >= 0.3 is 0 Å². The van der Waals surface area contributed by atoms with E-state index < -0.39 is 5.82 Å². The molecule has 0 atom stereocenters. The Hall–Kier alpha value is -2.70. The molecule has 0 saturated heterocycles. The number of fused-ring (bicyclic) bond motifs is 1. The van der Waals surface area contributed by atoms with Gasteiger partial charge in [-0.3, -0.25) is 0 Å². The van der Waals surface area contributed by atoms with Crippen molar-refractivity contribution in [1.82, 2.24) is 19.9 Å². The number of H-pyrrole nitrogens is 1. The first-order valence-corrected chi connectivity index (χ1v) is 8.49. The third kappa shape index (κ3) is 3.34. The number of anilines is 1. The van der Waals surface area contributed by atoms with Gasteiger partial charge in [0.05, 0.1) is 11.2 Å². The van der Waals surface area contributed by atoms with Crippen LogP contribution in [0.1, 0.15) is 5.56 Å². The van der Waals surface area contributed by atoms with Gasteiger partial charge in [-0.15, -0.1) is 0 Å². The summed E-state index contributed by atoms with van der Waals surface area (Å²) in [5, 5.41) is 4.91. The van der Waals surface area contributed by atoms with E-state index in [1.165, 1.54) is 0 Å². The minimum absolute atomic E-state index is 0.120. The summed E-state index contributed by atoms with van der Waals surface area (Å²) in [6.07, 6.45) is 4.42. The lowest BCUT2D eigenvalue weighted by atomic mass is 10.2. The summed E-state index contributed by atoms with van der Waals surface area (Å²) in [4.78, 5) is 15.6. The number of hydrogen-bond acceptors (Lipinski definition) is 4. The summed E-state index contributed by atoms with van der Waals surface area (Å²) in [6, 6.07) is 9.06. The van der Waals surface area contributed by atoms with Crippen LogP contribution in [-0.4, -0.2) is 19.9 Å². The Morgan fingerprint density at radius 3 is 2.65 bits per heavy atom. The fourth-order valence-corrected chi connectivity index (χ4v) is 2.86. The van der Waals surface area contributed by atoms with E-state index in [9.17, 15) is 4.39 Å². The van der Waals surface area contributed by atoms with E-state index in [1.807, 2.05) is 12.1 Å². The van der Waals surface area contributed by atoms with Crippen molar-refractivity contribution in [3.8, 4) is 11.4 Å². The first-order chi connectivity index (χ1) is 12.6. The largest absolute Gasteiger partial charge is 0.363 e. The Labute approximate surface area is 158 Å². The van der Waals surface area contributed by atoms with Gasteiger partial charge in [0.15, 0.2) is 17.5 Å². The van der Waals surface area contributed by atoms with Crippen molar-refractivity contribution in [3.63, 3.8) is 0 Å². The maximum absolute atomic E-state index is 14.1. The van der Waals surface area contributed by atoms with Crippen molar-refractivity contribution < 1.29 is 4.39 Å². The van der Waals surface area contributed by atoms with Gasteiger partial charge in [0, 0.05) is 34.9 Å². The number of nitrogens with zero attached hydrogens (tertiary/aromatic N) is 3. The van der Waals surface area contributed by atoms with E-state index in [-0.39, 0.29) is 5.82 Å². The molecule has 130 valence electrons. The standard InChI is InChI=1S/C18H12Cl2FN5/c19-11-3-1-10(2-4-11)6-22-18-15(21)9-25-17(26-18)14-8-24-16-13(14)5-12(20)7-23-16/h1-5,7-9H,6H2,(H,23,24)(H,22,25,26). The summed E-state index contributed by atoms with van der Waals surface area (Å²) >= 11 is 11.9. The molecule has 0 radical (unpaired) electrons. The second-order valence-electron chi connectivity index (χ2n) is 5.62. The number of aromatic nitrogens is 4. The second-order valence-corrected chi connectivity index (χ2v) is 6.50. The average molecular weight is 388 g/mol. The third-order valence-electron chi connectivity index (χ3n) is 3.86. The number of benzene rings is 1. The molecule has 5 nitrogen and oxygen atoms in total. The van der Waals surface area contributed by atoms with E-state index in [4.69, 9.17) is 23.2 Å². The van der Waals surface area contributed by atoms with Crippen LogP contribution in [0.15, 0.2) is 48.9 Å². The zero-order chi connectivity index (χ0) is 18.1. The Morgan fingerprint density at radius 2 is 1.85 bits per heavy atom. The van der Waals surface area contributed by atoms with Gasteiger partial charge in [-0.05, 0) is 23.8 Å². The molecule has 26 heavy (non-hydrogen) atoms. The quantitative estimate of drug-likeness (QED) is 0.512. The van der Waals surface area contributed by atoms with Crippen LogP contribution in [-0.2, 0) is 6.54 Å². The van der Waals surface area contributed by atoms with Crippen molar-refractivity contribution in [2.24, 2.45) is 0 Å². The van der Waals surface area contributed by atoms with Crippen molar-refractivity contribution >= 4 is 40.1 Å². The number of halogens is 3. The average Bonchev–Trinajstić information content (AvgIpc) is 3.05. The lowest BCUT2D eigenvalue weighted by Gasteiger charge is -2.08. The first kappa shape index (κ1) is 16.8. The molecule has 0 fully saturated rings. The van der Waals surface area contributed by atoms with Crippen molar-refractivity contribution in [2.75, 3.05) is 5.32 Å². The summed E-state index contributed by atoms with van der Waals surface area (Å²) in [7, 11) is 0. The van der Waals surface area contributed by atoms with Gasteiger partial charge in [0.1, 0.15) is 5.65 Å². The summed E-state index contributed by atoms with van der Waals surface area (Å²) in [6.45, 7) is 0.409. The fraction of sp³-hybridized carbons (Fsp3) is 0.0556. The van der Waals surface area contributed by atoms with Crippen LogP contribution < -0.4 is 5.32 Å². The van der Waals surface area contributed by atoms with E-state index >= 15 is 0 Å². The number of aromatic amines is 1. The van der Waals surface area contributed by atoms with Gasteiger partial charge in [0.25, 0.3) is 0 Å². The predicted molar refractivity (Wildman–Crippen MR) is 101 cm³/mol. The van der Waals surface area contributed by atoms with Gasteiger partial charge in [-0.2, -0.15) is 0 Å². The predicted octanol–water partition coefficient (Wildman–Crippen LogP) is 5.08. The minimum atomic E-state index is -0.529. The van der Waals surface area contributed by atoms with E-state index in [1.54, 1.807) is 30.6 Å². The molecule has 0 saturated carbocycles. The molecule has 8 heteroatoms. The van der Waals surface area contributed by atoms with Crippen molar-refractivity contribution in [3.05, 3.63) is 70.3 Å². The van der Waals surface area contributed by atoms with Crippen LogP contribution >= 0.6 is 23.2 Å². The first-order valence-electron chi connectivity index (χ1n) is 7.74. The maximum atomic E-state index is 14.1. The highest BCUT2D eigenvalue weighted by atomic mass is 35.5. The highest BCUT2D eigenvalue weighted by Crippen LogP contribution is 2.28. The van der Waals surface area contributed by atoms with Crippen LogP contribution in [0.4, 0.5) is 10.2 Å². The third-order valence-corrected chi connectivity index (χ3v) is 4.31. The molecule has 1 aromatic carbocycles. The zero-order valence-electron chi connectivity index (χ0n) is 13.3. The fourth-order valence-electron chi connectivity index (χ4n) is 2.57. The molecule has 4 rings (SSSR count). The number of pyridine rings is 1. The number of hydrogen-bond donors (Lipinski definition) is 2. The molecule has 0 amide bonds. The molecule has 0 spiro atoms. The van der Waals surface area contributed by atoms with Gasteiger partial charge in [-0.25, -0.2) is 19.3 Å². The highest BCUT2D eigenvalue weighted by molar-refractivity contribution is 6.31.